The van der Waals surface area contributed by atoms with E-state index in [0.717, 1.165) is 63.8 Å². The largest absolute Gasteiger partial charge is 0.371 e. The maximum atomic E-state index is 13.4. The number of guanidine groups is 1. The third kappa shape index (κ3) is 8.94. The Morgan fingerprint density at radius 1 is 1.25 bits per heavy atom. The van der Waals surface area contributed by atoms with E-state index >= 15 is 0 Å². The lowest BCUT2D eigenvalue weighted by Crippen LogP contribution is -2.49. The van der Waals surface area contributed by atoms with Crippen molar-refractivity contribution >= 4 is 35.6 Å². The summed E-state index contributed by atoms with van der Waals surface area (Å²) in [6, 6.07) is 7.29. The van der Waals surface area contributed by atoms with E-state index in [1.54, 1.807) is 12.1 Å². The summed E-state index contributed by atoms with van der Waals surface area (Å²) in [5, 5.41) is 6.93. The maximum Gasteiger partial charge on any atom is 0.191 e. The molecule has 1 saturated heterocycles. The van der Waals surface area contributed by atoms with Gasteiger partial charge in [0, 0.05) is 37.9 Å². The maximum absolute atomic E-state index is 13.4. The number of halogens is 2. The first-order chi connectivity index (χ1) is 13.1. The number of rotatable bonds is 9. The van der Waals surface area contributed by atoms with Crippen molar-refractivity contribution in [2.75, 3.05) is 51.2 Å². The van der Waals surface area contributed by atoms with Gasteiger partial charge in [-0.15, -0.1) is 24.0 Å². The first-order valence-corrected chi connectivity index (χ1v) is 10.4. The molecule has 1 fully saturated rings. The molecule has 1 aromatic carbocycles. The summed E-state index contributed by atoms with van der Waals surface area (Å²) in [6.07, 6.45) is 4.52. The van der Waals surface area contributed by atoms with E-state index in [1.807, 2.05) is 6.07 Å². The Bertz CT molecular complexity index is 576. The molecule has 0 atom stereocenters. The molecule has 5 nitrogen and oxygen atoms in total. The van der Waals surface area contributed by atoms with Gasteiger partial charge < -0.3 is 20.4 Å². The van der Waals surface area contributed by atoms with Crippen molar-refractivity contribution in [3.8, 4) is 0 Å². The van der Waals surface area contributed by atoms with E-state index in [2.05, 4.69) is 41.3 Å². The molecule has 1 aromatic rings. The minimum Gasteiger partial charge on any atom is -0.371 e. The van der Waals surface area contributed by atoms with Crippen molar-refractivity contribution in [1.29, 1.82) is 0 Å². The van der Waals surface area contributed by atoms with E-state index in [4.69, 9.17) is 4.99 Å². The molecule has 0 aromatic heterocycles. The molecular formula is C21H37FIN5. The molecule has 1 aliphatic rings. The van der Waals surface area contributed by atoms with Gasteiger partial charge in [-0.3, -0.25) is 4.99 Å². The van der Waals surface area contributed by atoms with E-state index < -0.39 is 0 Å². The fourth-order valence-electron chi connectivity index (χ4n) is 3.34. The molecule has 7 heteroatoms. The Morgan fingerprint density at radius 2 is 2.00 bits per heavy atom. The second kappa shape index (κ2) is 14.0. The van der Waals surface area contributed by atoms with Crippen LogP contribution in [0.15, 0.2) is 29.3 Å². The predicted octanol–water partition coefficient (Wildman–Crippen LogP) is 3.70. The Kier molecular flexibility index (Phi) is 12.5. The number of piperidine rings is 1. The average molecular weight is 505 g/mol. The molecule has 2 rings (SSSR count). The first kappa shape index (κ1) is 24.9. The Hall–Kier alpha value is -1.09. The lowest BCUT2D eigenvalue weighted by Gasteiger charge is -2.34. The van der Waals surface area contributed by atoms with Gasteiger partial charge in [-0.05, 0) is 58.0 Å². The molecule has 0 radical (unpaired) electrons. The topological polar surface area (TPSA) is 42.9 Å². The number of nitrogens with zero attached hydrogens (tertiary/aromatic N) is 3. The number of hydrogen-bond donors (Lipinski definition) is 2. The van der Waals surface area contributed by atoms with Crippen LogP contribution in [-0.4, -0.2) is 63.2 Å². The molecule has 28 heavy (non-hydrogen) atoms. The number of anilines is 1. The van der Waals surface area contributed by atoms with Crippen molar-refractivity contribution in [2.24, 2.45) is 4.99 Å². The summed E-state index contributed by atoms with van der Waals surface area (Å²) in [6.45, 7) is 9.96. The van der Waals surface area contributed by atoms with E-state index in [-0.39, 0.29) is 29.8 Å². The average Bonchev–Trinajstić information content (AvgIpc) is 2.67. The third-order valence-corrected chi connectivity index (χ3v) is 5.00. The summed E-state index contributed by atoms with van der Waals surface area (Å²) >= 11 is 0. The summed E-state index contributed by atoms with van der Waals surface area (Å²) < 4.78 is 13.4. The van der Waals surface area contributed by atoms with Gasteiger partial charge in [-0.25, -0.2) is 4.39 Å². The second-order valence-electron chi connectivity index (χ2n) is 7.30. The summed E-state index contributed by atoms with van der Waals surface area (Å²) in [5.74, 6) is 0.740. The van der Waals surface area contributed by atoms with Gasteiger partial charge in [0.2, 0.25) is 0 Å². The molecule has 1 aliphatic heterocycles. The van der Waals surface area contributed by atoms with Crippen LogP contribution in [-0.2, 0) is 0 Å². The normalized spacial score (nSPS) is 15.5. The number of unbranched alkanes of at least 4 members (excludes halogenated alkanes) is 1. The minimum atomic E-state index is -0.168. The fraction of sp³-hybridized carbons (Fsp3) is 0.667. The van der Waals surface area contributed by atoms with Crippen molar-refractivity contribution in [3.05, 3.63) is 30.1 Å². The lowest BCUT2D eigenvalue weighted by atomic mass is 10.0. The van der Waals surface area contributed by atoms with Gasteiger partial charge in [-0.1, -0.05) is 19.4 Å². The van der Waals surface area contributed by atoms with Crippen LogP contribution in [0.25, 0.3) is 0 Å². The quantitative estimate of drug-likeness (QED) is 0.305. The van der Waals surface area contributed by atoms with Crippen molar-refractivity contribution in [1.82, 2.24) is 15.5 Å². The molecule has 0 amide bonds. The van der Waals surface area contributed by atoms with Gasteiger partial charge in [0.25, 0.3) is 0 Å². The Morgan fingerprint density at radius 3 is 2.64 bits per heavy atom. The Labute approximate surface area is 187 Å². The summed E-state index contributed by atoms with van der Waals surface area (Å²) in [4.78, 5) is 9.33. The van der Waals surface area contributed by atoms with E-state index in [9.17, 15) is 4.39 Å². The van der Waals surface area contributed by atoms with Crippen LogP contribution in [0.4, 0.5) is 10.1 Å². The second-order valence-corrected chi connectivity index (χ2v) is 7.30. The zero-order valence-corrected chi connectivity index (χ0v) is 19.9. The van der Waals surface area contributed by atoms with Gasteiger partial charge in [0.05, 0.1) is 6.54 Å². The smallest absolute Gasteiger partial charge is 0.191 e. The van der Waals surface area contributed by atoms with Crippen LogP contribution in [0.2, 0.25) is 0 Å². The lowest BCUT2D eigenvalue weighted by molar-refractivity contribution is 0.337. The molecule has 0 saturated carbocycles. The Balaban J connectivity index is 0.00000392. The van der Waals surface area contributed by atoms with Crippen molar-refractivity contribution in [3.63, 3.8) is 0 Å². The first-order valence-electron chi connectivity index (χ1n) is 10.4. The van der Waals surface area contributed by atoms with Crippen molar-refractivity contribution < 1.29 is 4.39 Å². The molecule has 0 unspecified atom stereocenters. The number of nitrogens with one attached hydrogen (secondary N) is 2. The monoisotopic (exact) mass is 505 g/mol. The standard InChI is InChI=1S/C21H36FN5.HI/c1-4-6-13-26(3)16-12-24-21(23-5-2)25-19-10-14-27(15-11-19)20-9-7-8-18(22)17-20;/h7-9,17,19H,4-6,10-16H2,1-3H3,(H2,23,24,25);1H. The molecule has 2 N–H and O–H groups in total. The van der Waals surface area contributed by atoms with Gasteiger partial charge in [0.15, 0.2) is 5.96 Å². The number of benzene rings is 1. The van der Waals surface area contributed by atoms with Crippen LogP contribution < -0.4 is 15.5 Å². The summed E-state index contributed by atoms with van der Waals surface area (Å²) in [5.41, 5.74) is 0.976. The SMILES string of the molecule is CCCCN(C)CCN=C(NCC)NC1CCN(c2cccc(F)c2)CC1.I. The van der Waals surface area contributed by atoms with Crippen molar-refractivity contribution in [2.45, 2.75) is 45.6 Å². The molecule has 0 bridgehead atoms. The van der Waals surface area contributed by atoms with Crippen LogP contribution in [0.5, 0.6) is 0 Å². The molecule has 160 valence electrons. The highest BCUT2D eigenvalue weighted by Gasteiger charge is 2.20. The summed E-state index contributed by atoms with van der Waals surface area (Å²) in [7, 11) is 2.16. The number of aliphatic imine (C=N–C) groups is 1. The molecule has 0 spiro atoms. The highest BCUT2D eigenvalue weighted by molar-refractivity contribution is 14.0. The van der Waals surface area contributed by atoms with E-state index in [0.29, 0.717) is 6.04 Å². The molecule has 0 aliphatic carbocycles. The van der Waals surface area contributed by atoms with Gasteiger partial charge in [0.1, 0.15) is 5.82 Å². The highest BCUT2D eigenvalue weighted by atomic mass is 127. The van der Waals surface area contributed by atoms with Crippen LogP contribution in [0.3, 0.4) is 0 Å². The number of hydrogen-bond acceptors (Lipinski definition) is 3. The molecule has 1 heterocycles. The van der Waals surface area contributed by atoms with Crippen LogP contribution >= 0.6 is 24.0 Å². The number of likely N-dealkylation sites (N-methyl/N-ethyl adjacent to an activating group) is 1. The van der Waals surface area contributed by atoms with Gasteiger partial charge >= 0.3 is 0 Å². The highest BCUT2D eigenvalue weighted by Crippen LogP contribution is 2.20. The zero-order chi connectivity index (χ0) is 19.5. The van der Waals surface area contributed by atoms with Gasteiger partial charge in [-0.2, -0.15) is 0 Å². The van der Waals surface area contributed by atoms with Crippen LogP contribution in [0, 0.1) is 5.82 Å². The fourth-order valence-corrected chi connectivity index (χ4v) is 3.34. The third-order valence-electron chi connectivity index (χ3n) is 5.00. The zero-order valence-electron chi connectivity index (χ0n) is 17.6. The van der Waals surface area contributed by atoms with E-state index in [1.165, 1.54) is 18.9 Å². The van der Waals surface area contributed by atoms with Crippen LogP contribution in [0.1, 0.15) is 39.5 Å². The minimum absolute atomic E-state index is 0. The predicted molar refractivity (Wildman–Crippen MR) is 129 cm³/mol. The molecular weight excluding hydrogens is 468 g/mol.